The second-order valence-electron chi connectivity index (χ2n) is 13.8. The van der Waals surface area contributed by atoms with Crippen molar-refractivity contribution < 1.29 is 39.0 Å². The van der Waals surface area contributed by atoms with Crippen molar-refractivity contribution in [2.24, 2.45) is 23.1 Å². The number of carbonyl (C=O) groups is 6. The molecule has 13 N–H and O–H groups in total. The first-order valence-electron chi connectivity index (χ1n) is 18.6. The lowest BCUT2D eigenvalue weighted by Gasteiger charge is -2.27. The molecule has 0 heterocycles. The molecule has 0 aromatic heterocycles. The Morgan fingerprint density at radius 3 is 1.68 bits per heavy atom. The van der Waals surface area contributed by atoms with Gasteiger partial charge in [-0.05, 0) is 95.0 Å². The van der Waals surface area contributed by atoms with Gasteiger partial charge in [0.15, 0.2) is 0 Å². The van der Waals surface area contributed by atoms with Crippen molar-refractivity contribution in [2.45, 2.75) is 127 Å². The normalized spacial score (nSPS) is 16.2. The number of carbonyl (C=O) groups excluding carboxylic acids is 5. The summed E-state index contributed by atoms with van der Waals surface area (Å²) in [6.45, 7) is 5.93. The Morgan fingerprint density at radius 2 is 1.19 bits per heavy atom. The number of amides is 5. The van der Waals surface area contributed by atoms with Crippen LogP contribution in [0, 0.1) is 5.92 Å². The highest BCUT2D eigenvalue weighted by Gasteiger charge is 2.33. The van der Waals surface area contributed by atoms with Gasteiger partial charge in [0.2, 0.25) is 29.5 Å². The number of rotatable bonds is 25. The SMILES string of the molecule is C=CC[C@H](NC(=O)[C@H](CCCCN)NC(=O)[C@H](CCCCN)NC(=O)[C@H](C)N)C(=O)N[C@@H](Cc1ccc(O)cc1)C(=O)N[C@@H](CC1CCCC1)C(=O)O. The number of carboxylic acid groups (broad SMARTS) is 1. The van der Waals surface area contributed by atoms with Crippen LogP contribution < -0.4 is 43.8 Å². The summed E-state index contributed by atoms with van der Waals surface area (Å²) in [5.74, 6) is -4.31. The molecule has 0 radical (unpaired) electrons. The fourth-order valence-corrected chi connectivity index (χ4v) is 6.19. The predicted molar refractivity (Wildman–Crippen MR) is 200 cm³/mol. The molecule has 1 fully saturated rings. The van der Waals surface area contributed by atoms with E-state index in [0.29, 0.717) is 44.3 Å². The van der Waals surface area contributed by atoms with Crippen LogP contribution in [0.15, 0.2) is 36.9 Å². The van der Waals surface area contributed by atoms with Gasteiger partial charge in [0.05, 0.1) is 6.04 Å². The van der Waals surface area contributed by atoms with Gasteiger partial charge in [-0.15, -0.1) is 6.58 Å². The summed E-state index contributed by atoms with van der Waals surface area (Å²) < 4.78 is 0. The van der Waals surface area contributed by atoms with Crippen LogP contribution in [0.4, 0.5) is 0 Å². The molecule has 1 aromatic carbocycles. The van der Waals surface area contributed by atoms with Gasteiger partial charge in [-0.25, -0.2) is 4.79 Å². The van der Waals surface area contributed by atoms with Crippen molar-refractivity contribution in [3.63, 3.8) is 0 Å². The number of carboxylic acids is 1. The molecule has 1 aliphatic rings. The number of phenolic OH excluding ortho intramolecular Hbond substituents is 1. The highest BCUT2D eigenvalue weighted by atomic mass is 16.4. The minimum absolute atomic E-state index is 0.00126. The van der Waals surface area contributed by atoms with Gasteiger partial charge in [-0.2, -0.15) is 0 Å². The molecule has 296 valence electrons. The van der Waals surface area contributed by atoms with Gasteiger partial charge in [-0.3, -0.25) is 24.0 Å². The highest BCUT2D eigenvalue weighted by Crippen LogP contribution is 2.28. The number of aromatic hydroxyl groups is 1. The molecule has 1 aliphatic carbocycles. The van der Waals surface area contributed by atoms with Crippen LogP contribution in [0.2, 0.25) is 0 Å². The third-order valence-corrected chi connectivity index (χ3v) is 9.28. The molecule has 0 spiro atoms. The number of unbranched alkanes of at least 4 members (excludes halogenated alkanes) is 2. The first-order chi connectivity index (χ1) is 25.3. The second kappa shape index (κ2) is 23.9. The molecule has 0 unspecified atom stereocenters. The topological polar surface area (TPSA) is 281 Å². The van der Waals surface area contributed by atoms with Crippen molar-refractivity contribution >= 4 is 35.5 Å². The van der Waals surface area contributed by atoms with E-state index in [4.69, 9.17) is 17.2 Å². The third-order valence-electron chi connectivity index (χ3n) is 9.28. The number of nitrogens with two attached hydrogens (primary N) is 3. The molecule has 1 aromatic rings. The van der Waals surface area contributed by atoms with Gasteiger partial charge in [0.1, 0.15) is 36.0 Å². The number of phenols is 1. The molecule has 5 amide bonds. The molecule has 2 rings (SSSR count). The summed E-state index contributed by atoms with van der Waals surface area (Å²) in [6.07, 6.45) is 7.95. The Hall–Kier alpha value is -4.54. The highest BCUT2D eigenvalue weighted by molar-refractivity contribution is 5.96. The van der Waals surface area contributed by atoms with E-state index in [2.05, 4.69) is 33.2 Å². The van der Waals surface area contributed by atoms with Crippen molar-refractivity contribution in [3.05, 3.63) is 42.5 Å². The average Bonchev–Trinajstić information content (AvgIpc) is 3.64. The summed E-state index contributed by atoms with van der Waals surface area (Å²) in [4.78, 5) is 79.2. The van der Waals surface area contributed by atoms with Crippen LogP contribution >= 0.6 is 0 Å². The van der Waals surface area contributed by atoms with E-state index >= 15 is 0 Å². The molecule has 6 atom stereocenters. The number of benzene rings is 1. The van der Waals surface area contributed by atoms with Crippen LogP contribution in [0.1, 0.15) is 89.5 Å². The fourth-order valence-electron chi connectivity index (χ4n) is 6.19. The van der Waals surface area contributed by atoms with Crippen LogP contribution in [-0.2, 0) is 35.2 Å². The van der Waals surface area contributed by atoms with Crippen molar-refractivity contribution in [1.29, 1.82) is 0 Å². The van der Waals surface area contributed by atoms with Crippen LogP contribution in [-0.4, -0.2) is 95.1 Å². The largest absolute Gasteiger partial charge is 0.508 e. The lowest BCUT2D eigenvalue weighted by Crippen LogP contribution is -2.59. The maximum atomic E-state index is 13.8. The van der Waals surface area contributed by atoms with Gasteiger partial charge in [-0.1, -0.05) is 43.9 Å². The molecule has 53 heavy (non-hydrogen) atoms. The average molecular weight is 745 g/mol. The van der Waals surface area contributed by atoms with Gasteiger partial charge >= 0.3 is 5.97 Å². The molecular weight excluding hydrogens is 684 g/mol. The van der Waals surface area contributed by atoms with E-state index in [-0.39, 0.29) is 43.8 Å². The van der Waals surface area contributed by atoms with Crippen molar-refractivity contribution in [3.8, 4) is 5.75 Å². The first-order valence-corrected chi connectivity index (χ1v) is 18.6. The number of aliphatic carboxylic acids is 1. The summed E-state index contributed by atoms with van der Waals surface area (Å²) in [6, 6.07) is -0.596. The summed E-state index contributed by atoms with van der Waals surface area (Å²) in [7, 11) is 0. The molecule has 0 saturated heterocycles. The standard InChI is InChI=1S/C37H60N8O8/c1-3-10-27(42-35(50)29(14-7-9-20-39)43-34(49)28(13-6-8-19-38)41-32(47)23(2)40)33(48)44-30(21-25-15-17-26(46)18-16-25)36(51)45-31(37(52)53)22-24-11-4-5-12-24/h3,15-18,23-24,27-31,46H,1,4-14,19-22,38-40H2,2H3,(H,41,47)(H,42,50)(H,43,49)(H,44,48)(H,45,51)(H,52,53)/t23-,27-,28-,29-,30-,31-/m0/s1. The second-order valence-corrected chi connectivity index (χ2v) is 13.8. The zero-order valence-electron chi connectivity index (χ0n) is 30.8. The van der Waals surface area contributed by atoms with E-state index in [1.54, 1.807) is 12.1 Å². The Bertz CT molecular complexity index is 1350. The Morgan fingerprint density at radius 1 is 0.736 bits per heavy atom. The lowest BCUT2D eigenvalue weighted by molar-refractivity contribution is -0.143. The maximum absolute atomic E-state index is 13.8. The van der Waals surface area contributed by atoms with E-state index in [9.17, 15) is 39.0 Å². The summed E-state index contributed by atoms with van der Waals surface area (Å²) >= 11 is 0. The van der Waals surface area contributed by atoms with Crippen molar-refractivity contribution in [1.82, 2.24) is 26.6 Å². The van der Waals surface area contributed by atoms with E-state index in [0.717, 1.165) is 25.7 Å². The quantitative estimate of drug-likeness (QED) is 0.0477. The lowest BCUT2D eigenvalue weighted by atomic mass is 9.97. The number of hydrogen-bond acceptors (Lipinski definition) is 10. The molecule has 0 aliphatic heterocycles. The monoisotopic (exact) mass is 744 g/mol. The smallest absolute Gasteiger partial charge is 0.326 e. The molecular formula is C37H60N8O8. The Labute approximate surface area is 311 Å². The van der Waals surface area contributed by atoms with E-state index in [1.165, 1.54) is 25.1 Å². The van der Waals surface area contributed by atoms with Gasteiger partial charge in [0.25, 0.3) is 0 Å². The summed E-state index contributed by atoms with van der Waals surface area (Å²) in [5.41, 5.74) is 17.6. The van der Waals surface area contributed by atoms with Crippen LogP contribution in [0.5, 0.6) is 5.75 Å². The first kappa shape index (κ1) is 44.6. The molecule has 0 bridgehead atoms. The predicted octanol–water partition coefficient (Wildman–Crippen LogP) is 0.205. The summed E-state index contributed by atoms with van der Waals surface area (Å²) in [5, 5.41) is 33.0. The van der Waals surface area contributed by atoms with Crippen LogP contribution in [0.3, 0.4) is 0 Å². The van der Waals surface area contributed by atoms with Crippen molar-refractivity contribution in [2.75, 3.05) is 13.1 Å². The minimum atomic E-state index is -1.25. The molecule has 16 nitrogen and oxygen atoms in total. The zero-order chi connectivity index (χ0) is 39.3. The Kier molecular flexibility index (Phi) is 20.1. The van der Waals surface area contributed by atoms with E-state index < -0.39 is 71.8 Å². The molecule has 1 saturated carbocycles. The van der Waals surface area contributed by atoms with Gasteiger partial charge < -0.3 is 54.0 Å². The van der Waals surface area contributed by atoms with Gasteiger partial charge in [0, 0.05) is 6.42 Å². The third kappa shape index (κ3) is 16.3. The number of hydrogen-bond donors (Lipinski definition) is 10. The molecule has 16 heteroatoms. The zero-order valence-corrected chi connectivity index (χ0v) is 30.8. The van der Waals surface area contributed by atoms with Crippen LogP contribution in [0.25, 0.3) is 0 Å². The fraction of sp³-hybridized carbons (Fsp3) is 0.622. The number of nitrogens with one attached hydrogen (secondary N) is 5. The maximum Gasteiger partial charge on any atom is 0.326 e. The van der Waals surface area contributed by atoms with E-state index in [1.807, 2.05) is 0 Å². The minimum Gasteiger partial charge on any atom is -0.508 e. The Balaban J connectivity index is 2.29.